The molecule has 36 heavy (non-hydrogen) atoms. The van der Waals surface area contributed by atoms with Crippen LogP contribution in [0.25, 0.3) is 0 Å². The molecule has 7 heteroatoms. The van der Waals surface area contributed by atoms with Crippen LogP contribution in [0.2, 0.25) is 0 Å². The number of benzene rings is 2. The van der Waals surface area contributed by atoms with Crippen molar-refractivity contribution >= 4 is 23.3 Å². The first-order valence-corrected chi connectivity index (χ1v) is 13.5. The lowest BCUT2D eigenvalue weighted by molar-refractivity contribution is -0.138. The highest BCUT2D eigenvalue weighted by Gasteiger charge is 2.47. The first-order valence-electron chi connectivity index (χ1n) is 13.5. The number of nitrogens with zero attached hydrogens (tertiary/aromatic N) is 1. The number of ether oxygens (including phenoxy) is 1. The molecule has 0 unspecified atom stereocenters. The minimum absolute atomic E-state index is 0.113. The number of rotatable bonds is 6. The summed E-state index contributed by atoms with van der Waals surface area (Å²) >= 11 is 0. The second-order valence-electron chi connectivity index (χ2n) is 10.4. The zero-order chi connectivity index (χ0) is 25.1. The fourth-order valence-electron chi connectivity index (χ4n) is 6.50. The van der Waals surface area contributed by atoms with Gasteiger partial charge in [-0.1, -0.05) is 44.4 Å². The quantitative estimate of drug-likeness (QED) is 0.495. The van der Waals surface area contributed by atoms with E-state index in [9.17, 15) is 9.59 Å². The molecule has 1 saturated heterocycles. The van der Waals surface area contributed by atoms with Crippen LogP contribution in [0, 0.1) is 11.8 Å². The predicted octanol–water partition coefficient (Wildman–Crippen LogP) is 5.56. The topological polar surface area (TPSA) is 82.7 Å². The van der Waals surface area contributed by atoms with Gasteiger partial charge in [0, 0.05) is 35.9 Å². The molecule has 192 valence electrons. The number of carbonyl (C=O) groups excluding carboxylic acids is 2. The third-order valence-electron chi connectivity index (χ3n) is 8.21. The number of hydrogen-bond donors (Lipinski definition) is 3. The van der Waals surface area contributed by atoms with E-state index in [0.717, 1.165) is 62.9 Å². The van der Waals surface area contributed by atoms with Crippen LogP contribution in [-0.2, 0) is 4.79 Å². The molecule has 1 aliphatic carbocycles. The summed E-state index contributed by atoms with van der Waals surface area (Å²) in [5.41, 5.74) is 3.09. The second kappa shape index (κ2) is 10.8. The number of likely N-dealkylation sites (tertiary alicyclic amines) is 1. The highest BCUT2D eigenvalue weighted by molar-refractivity contribution is 5.90. The predicted molar refractivity (Wildman–Crippen MR) is 142 cm³/mol. The van der Waals surface area contributed by atoms with Crippen LogP contribution < -0.4 is 20.7 Å². The lowest BCUT2D eigenvalue weighted by Gasteiger charge is -2.42. The van der Waals surface area contributed by atoms with E-state index in [1.165, 1.54) is 5.56 Å². The van der Waals surface area contributed by atoms with E-state index in [0.29, 0.717) is 17.6 Å². The van der Waals surface area contributed by atoms with Crippen molar-refractivity contribution in [1.29, 1.82) is 0 Å². The average molecular weight is 491 g/mol. The molecule has 2 fully saturated rings. The molecule has 0 radical (unpaired) electrons. The van der Waals surface area contributed by atoms with E-state index in [1.807, 2.05) is 24.3 Å². The van der Waals surface area contributed by atoms with Crippen LogP contribution in [0.5, 0.6) is 5.75 Å². The van der Waals surface area contributed by atoms with Crippen LogP contribution in [0.4, 0.5) is 16.2 Å². The van der Waals surface area contributed by atoms with Gasteiger partial charge in [-0.25, -0.2) is 4.79 Å². The Kier molecular flexibility index (Phi) is 7.35. The first kappa shape index (κ1) is 24.5. The maximum absolute atomic E-state index is 14.1. The van der Waals surface area contributed by atoms with Crippen molar-refractivity contribution in [2.75, 3.05) is 24.3 Å². The van der Waals surface area contributed by atoms with Crippen LogP contribution >= 0.6 is 0 Å². The Morgan fingerprint density at radius 3 is 2.61 bits per heavy atom. The van der Waals surface area contributed by atoms with E-state index in [1.54, 1.807) is 7.11 Å². The standard InChI is InChI=1S/C29H38N4O3/c1-3-8-24-22-17-18-33(27(22)21-9-4-6-11-25(21)31-24)28(34)23-10-5-7-12-26(23)32-29(35)30-19-13-15-20(36-2)16-14-19/h4,6,9,11,13-16,22-24,26-27,31H,3,5,7-8,10,12,17-18H2,1-2H3,(H2,30,32,35)/t22-,23+,24+,26-,27+/m1/s1. The molecule has 5 rings (SSSR count). The minimum Gasteiger partial charge on any atom is -0.497 e. The Morgan fingerprint density at radius 2 is 1.83 bits per heavy atom. The van der Waals surface area contributed by atoms with Gasteiger partial charge >= 0.3 is 6.03 Å². The molecule has 2 aromatic carbocycles. The largest absolute Gasteiger partial charge is 0.497 e. The minimum atomic E-state index is -0.264. The Balaban J connectivity index is 1.31. The number of urea groups is 1. The molecule has 7 nitrogen and oxygen atoms in total. The summed E-state index contributed by atoms with van der Waals surface area (Å²) in [6.45, 7) is 3.01. The van der Waals surface area contributed by atoms with Crippen molar-refractivity contribution in [2.24, 2.45) is 11.8 Å². The van der Waals surface area contributed by atoms with Gasteiger partial charge in [0.15, 0.2) is 0 Å². The van der Waals surface area contributed by atoms with Crippen molar-refractivity contribution in [3.8, 4) is 5.75 Å². The normalized spacial score (nSPS) is 26.8. The molecule has 2 aliphatic heterocycles. The molecule has 5 atom stereocenters. The molecule has 2 aromatic rings. The SMILES string of the molecule is CCC[C@@H]1Nc2ccccc2[C@H]2[C@@H]1CCN2C(=O)[C@H]1CCCC[C@H]1NC(=O)Nc1ccc(OC)cc1. The van der Waals surface area contributed by atoms with Gasteiger partial charge in [0.05, 0.1) is 19.1 Å². The first-order chi connectivity index (χ1) is 17.6. The van der Waals surface area contributed by atoms with E-state index < -0.39 is 0 Å². The van der Waals surface area contributed by atoms with Crippen molar-refractivity contribution in [3.63, 3.8) is 0 Å². The van der Waals surface area contributed by atoms with Gasteiger partial charge < -0.3 is 25.6 Å². The molecule has 3 aliphatic rings. The van der Waals surface area contributed by atoms with E-state index in [2.05, 4.69) is 52.0 Å². The van der Waals surface area contributed by atoms with Gasteiger partial charge in [-0.2, -0.15) is 0 Å². The van der Waals surface area contributed by atoms with Gasteiger partial charge in [0.2, 0.25) is 5.91 Å². The molecule has 2 heterocycles. The summed E-state index contributed by atoms with van der Waals surface area (Å²) < 4.78 is 5.19. The summed E-state index contributed by atoms with van der Waals surface area (Å²) in [5.74, 6) is 1.18. The Hall–Kier alpha value is -3.22. The van der Waals surface area contributed by atoms with Gasteiger partial charge in [0.25, 0.3) is 0 Å². The van der Waals surface area contributed by atoms with Crippen LogP contribution in [0.3, 0.4) is 0 Å². The summed E-state index contributed by atoms with van der Waals surface area (Å²) in [4.78, 5) is 29.1. The zero-order valence-electron chi connectivity index (χ0n) is 21.3. The number of amides is 3. The summed E-state index contributed by atoms with van der Waals surface area (Å²) in [6.07, 6.45) is 6.93. The van der Waals surface area contributed by atoms with Gasteiger partial charge in [0.1, 0.15) is 5.75 Å². The fraction of sp³-hybridized carbons (Fsp3) is 0.517. The molecule has 3 amide bonds. The van der Waals surface area contributed by atoms with E-state index in [-0.39, 0.29) is 29.9 Å². The molecule has 0 aromatic heterocycles. The maximum atomic E-state index is 14.1. The van der Waals surface area contributed by atoms with E-state index >= 15 is 0 Å². The summed E-state index contributed by atoms with van der Waals surface area (Å²) in [5, 5.41) is 9.80. The number of hydrogen-bond acceptors (Lipinski definition) is 4. The van der Waals surface area contributed by atoms with Gasteiger partial charge in [-0.3, -0.25) is 4.79 Å². The monoisotopic (exact) mass is 490 g/mol. The van der Waals surface area contributed by atoms with Crippen molar-refractivity contribution in [1.82, 2.24) is 10.2 Å². The number of fused-ring (bicyclic) bond motifs is 3. The number of nitrogens with one attached hydrogen (secondary N) is 3. The molecule has 0 bridgehead atoms. The van der Waals surface area contributed by atoms with Crippen LogP contribution in [0.15, 0.2) is 48.5 Å². The number of anilines is 2. The average Bonchev–Trinajstić information content (AvgIpc) is 3.35. The summed E-state index contributed by atoms with van der Waals surface area (Å²) in [6, 6.07) is 15.8. The third-order valence-corrected chi connectivity index (χ3v) is 8.21. The highest BCUT2D eigenvalue weighted by atomic mass is 16.5. The summed E-state index contributed by atoms with van der Waals surface area (Å²) in [7, 11) is 1.62. The highest BCUT2D eigenvalue weighted by Crippen LogP contribution is 2.48. The Labute approximate surface area is 214 Å². The van der Waals surface area contributed by atoms with Gasteiger partial charge in [-0.15, -0.1) is 0 Å². The zero-order valence-corrected chi connectivity index (χ0v) is 21.3. The molecular weight excluding hydrogens is 452 g/mol. The van der Waals surface area contributed by atoms with E-state index in [4.69, 9.17) is 4.74 Å². The molecule has 0 spiro atoms. The second-order valence-corrected chi connectivity index (χ2v) is 10.4. The smallest absolute Gasteiger partial charge is 0.319 e. The maximum Gasteiger partial charge on any atom is 0.319 e. The molecule has 3 N–H and O–H groups in total. The third kappa shape index (κ3) is 4.88. The van der Waals surface area contributed by atoms with Crippen molar-refractivity contribution in [2.45, 2.75) is 70.0 Å². The Bertz CT molecular complexity index is 1070. The van der Waals surface area contributed by atoms with Crippen LogP contribution in [0.1, 0.15) is 63.5 Å². The lowest BCUT2D eigenvalue weighted by Crippen LogP contribution is -2.51. The van der Waals surface area contributed by atoms with Gasteiger partial charge in [-0.05, 0) is 61.6 Å². The molecule has 1 saturated carbocycles. The number of para-hydroxylation sites is 1. The Morgan fingerprint density at radius 1 is 1.06 bits per heavy atom. The fourth-order valence-corrected chi connectivity index (χ4v) is 6.50. The number of carbonyl (C=O) groups is 2. The molecular formula is C29H38N4O3. The van der Waals surface area contributed by atoms with Crippen molar-refractivity contribution < 1.29 is 14.3 Å². The number of methoxy groups -OCH3 is 1. The van der Waals surface area contributed by atoms with Crippen LogP contribution in [-0.4, -0.2) is 42.6 Å². The lowest BCUT2D eigenvalue weighted by atomic mass is 9.80. The van der Waals surface area contributed by atoms with Crippen molar-refractivity contribution in [3.05, 3.63) is 54.1 Å².